The van der Waals surface area contributed by atoms with E-state index in [0.717, 1.165) is 11.4 Å². The van der Waals surface area contributed by atoms with Crippen LogP contribution in [0.25, 0.3) is 0 Å². The first kappa shape index (κ1) is 16.0. The van der Waals surface area contributed by atoms with E-state index < -0.39 is 0 Å². The standard InChI is InChI=1S/C14H24N2O2S/c1-7-18-12(17)10-11(19-9-15-10)16-14(5,6)8-13(2,3)4/h9,16H,7-8H2,1-6H3. The zero-order valence-corrected chi connectivity index (χ0v) is 13.5. The van der Waals surface area contributed by atoms with Gasteiger partial charge in [0.25, 0.3) is 0 Å². The van der Waals surface area contributed by atoms with Gasteiger partial charge in [-0.3, -0.25) is 0 Å². The Morgan fingerprint density at radius 2 is 2.00 bits per heavy atom. The first-order valence-electron chi connectivity index (χ1n) is 6.53. The first-order valence-corrected chi connectivity index (χ1v) is 7.41. The van der Waals surface area contributed by atoms with Gasteiger partial charge in [-0.05, 0) is 32.6 Å². The summed E-state index contributed by atoms with van der Waals surface area (Å²) in [5, 5.41) is 4.20. The molecule has 0 saturated heterocycles. The monoisotopic (exact) mass is 284 g/mol. The molecule has 0 amide bonds. The van der Waals surface area contributed by atoms with Crippen LogP contribution >= 0.6 is 11.3 Å². The Kier molecular flexibility index (Phi) is 4.96. The molecule has 1 aromatic heterocycles. The molecule has 108 valence electrons. The van der Waals surface area contributed by atoms with Crippen LogP contribution in [0, 0.1) is 5.41 Å². The second-order valence-corrected chi connectivity index (χ2v) is 7.35. The highest BCUT2D eigenvalue weighted by Crippen LogP contribution is 2.32. The highest BCUT2D eigenvalue weighted by Gasteiger charge is 2.28. The summed E-state index contributed by atoms with van der Waals surface area (Å²) in [6.45, 7) is 13.0. The maximum Gasteiger partial charge on any atom is 0.360 e. The van der Waals surface area contributed by atoms with Gasteiger partial charge in [0.1, 0.15) is 5.00 Å². The zero-order chi connectivity index (χ0) is 14.7. The average molecular weight is 284 g/mol. The lowest BCUT2D eigenvalue weighted by molar-refractivity contribution is 0.0521. The van der Waals surface area contributed by atoms with E-state index in [4.69, 9.17) is 4.74 Å². The van der Waals surface area contributed by atoms with E-state index >= 15 is 0 Å². The fraction of sp³-hybridized carbons (Fsp3) is 0.714. The molecule has 0 aromatic carbocycles. The third-order valence-electron chi connectivity index (χ3n) is 2.46. The summed E-state index contributed by atoms with van der Waals surface area (Å²) < 4.78 is 5.01. The van der Waals surface area contributed by atoms with Gasteiger partial charge >= 0.3 is 5.97 Å². The number of carbonyl (C=O) groups excluding carboxylic acids is 1. The fourth-order valence-corrected chi connectivity index (χ4v) is 3.20. The minimum absolute atomic E-state index is 0.105. The summed E-state index contributed by atoms with van der Waals surface area (Å²) in [5.41, 5.74) is 2.16. The molecule has 1 aromatic rings. The van der Waals surface area contributed by atoms with Gasteiger partial charge in [-0.25, -0.2) is 9.78 Å². The van der Waals surface area contributed by atoms with Gasteiger partial charge in [-0.1, -0.05) is 20.8 Å². The molecule has 0 unspecified atom stereocenters. The fourth-order valence-electron chi connectivity index (χ4n) is 2.36. The maximum absolute atomic E-state index is 11.8. The number of thiazole rings is 1. The summed E-state index contributed by atoms with van der Waals surface area (Å²) in [7, 11) is 0. The topological polar surface area (TPSA) is 51.2 Å². The van der Waals surface area contributed by atoms with E-state index in [2.05, 4.69) is 44.9 Å². The number of ether oxygens (including phenoxy) is 1. The lowest BCUT2D eigenvalue weighted by Gasteiger charge is -2.33. The van der Waals surface area contributed by atoms with Gasteiger partial charge < -0.3 is 10.1 Å². The lowest BCUT2D eigenvalue weighted by atomic mass is 9.82. The second-order valence-electron chi connectivity index (χ2n) is 6.50. The van der Waals surface area contributed by atoms with Gasteiger partial charge in [-0.15, -0.1) is 11.3 Å². The molecule has 1 N–H and O–H groups in total. The third kappa shape index (κ3) is 5.19. The van der Waals surface area contributed by atoms with Crippen molar-refractivity contribution in [3.8, 4) is 0 Å². The molecule has 1 rings (SSSR count). The molecular formula is C14H24N2O2S. The van der Waals surface area contributed by atoms with E-state index in [1.807, 2.05) is 0 Å². The number of nitrogens with zero attached hydrogens (tertiary/aromatic N) is 1. The van der Waals surface area contributed by atoms with Gasteiger partial charge in [0.05, 0.1) is 12.1 Å². The van der Waals surface area contributed by atoms with Crippen LogP contribution in [0.4, 0.5) is 5.00 Å². The second kappa shape index (κ2) is 5.90. The number of rotatable bonds is 5. The molecule has 0 aliphatic rings. The summed E-state index contributed by atoms with van der Waals surface area (Å²) >= 11 is 1.43. The van der Waals surface area contributed by atoms with E-state index in [0.29, 0.717) is 12.3 Å². The van der Waals surface area contributed by atoms with Crippen molar-refractivity contribution in [1.82, 2.24) is 4.98 Å². The molecular weight excluding hydrogens is 260 g/mol. The number of esters is 1. The van der Waals surface area contributed by atoms with Crippen LogP contribution in [0.5, 0.6) is 0 Å². The van der Waals surface area contributed by atoms with Crippen molar-refractivity contribution in [2.24, 2.45) is 5.41 Å². The van der Waals surface area contributed by atoms with Crippen LogP contribution in [-0.4, -0.2) is 23.1 Å². The quantitative estimate of drug-likeness (QED) is 0.832. The van der Waals surface area contributed by atoms with Crippen molar-refractivity contribution in [3.63, 3.8) is 0 Å². The Labute approximate surface area is 119 Å². The summed E-state index contributed by atoms with van der Waals surface area (Å²) in [5.74, 6) is -0.363. The number of nitrogens with one attached hydrogen (secondary N) is 1. The highest BCUT2D eigenvalue weighted by molar-refractivity contribution is 7.14. The molecule has 0 saturated carbocycles. The molecule has 0 fully saturated rings. The number of hydrogen-bond donors (Lipinski definition) is 1. The van der Waals surface area contributed by atoms with Gasteiger partial charge in [0.15, 0.2) is 5.69 Å². The SMILES string of the molecule is CCOC(=O)c1ncsc1NC(C)(C)CC(C)(C)C. The van der Waals surface area contributed by atoms with Crippen molar-refractivity contribution < 1.29 is 9.53 Å². The molecule has 0 aliphatic carbocycles. The molecule has 0 spiro atoms. The minimum Gasteiger partial charge on any atom is -0.461 e. The lowest BCUT2D eigenvalue weighted by Crippen LogP contribution is -2.35. The molecule has 19 heavy (non-hydrogen) atoms. The summed E-state index contributed by atoms with van der Waals surface area (Å²) in [4.78, 5) is 15.9. The maximum atomic E-state index is 11.8. The van der Waals surface area contributed by atoms with Gasteiger partial charge in [-0.2, -0.15) is 0 Å². The van der Waals surface area contributed by atoms with Crippen LogP contribution in [0.3, 0.4) is 0 Å². The zero-order valence-electron chi connectivity index (χ0n) is 12.7. The normalized spacial score (nSPS) is 12.3. The Morgan fingerprint density at radius 1 is 1.37 bits per heavy atom. The van der Waals surface area contributed by atoms with Crippen molar-refractivity contribution in [1.29, 1.82) is 0 Å². The van der Waals surface area contributed by atoms with Crippen molar-refractivity contribution in [2.75, 3.05) is 11.9 Å². The Balaban J connectivity index is 2.82. The third-order valence-corrected chi connectivity index (χ3v) is 3.20. The molecule has 0 aliphatic heterocycles. The van der Waals surface area contributed by atoms with Crippen molar-refractivity contribution in [2.45, 2.75) is 53.5 Å². The Bertz CT molecular complexity index is 433. The average Bonchev–Trinajstić information content (AvgIpc) is 2.61. The van der Waals surface area contributed by atoms with E-state index in [9.17, 15) is 4.79 Å². The van der Waals surface area contributed by atoms with Crippen LogP contribution in [0.15, 0.2) is 5.51 Å². The highest BCUT2D eigenvalue weighted by atomic mass is 32.1. The van der Waals surface area contributed by atoms with E-state index in [-0.39, 0.29) is 16.9 Å². The predicted molar refractivity (Wildman–Crippen MR) is 79.8 cm³/mol. The predicted octanol–water partition coefficient (Wildman–Crippen LogP) is 3.95. The van der Waals surface area contributed by atoms with Crippen LogP contribution < -0.4 is 5.32 Å². The van der Waals surface area contributed by atoms with Gasteiger partial charge in [0.2, 0.25) is 0 Å². The number of aromatic nitrogens is 1. The summed E-state index contributed by atoms with van der Waals surface area (Å²) in [6.07, 6.45) is 0.986. The molecule has 0 atom stereocenters. The van der Waals surface area contributed by atoms with E-state index in [1.165, 1.54) is 11.3 Å². The summed E-state index contributed by atoms with van der Waals surface area (Å²) in [6, 6.07) is 0. The minimum atomic E-state index is -0.363. The van der Waals surface area contributed by atoms with Gasteiger partial charge in [0, 0.05) is 5.54 Å². The Morgan fingerprint density at radius 3 is 2.53 bits per heavy atom. The molecule has 4 nitrogen and oxygen atoms in total. The molecule has 1 heterocycles. The Hall–Kier alpha value is -1.10. The first-order chi connectivity index (χ1) is 8.64. The van der Waals surface area contributed by atoms with Crippen molar-refractivity contribution in [3.05, 3.63) is 11.2 Å². The van der Waals surface area contributed by atoms with Crippen LogP contribution in [0.2, 0.25) is 0 Å². The van der Waals surface area contributed by atoms with Crippen LogP contribution in [-0.2, 0) is 4.74 Å². The smallest absolute Gasteiger partial charge is 0.360 e. The number of hydrogen-bond acceptors (Lipinski definition) is 5. The largest absolute Gasteiger partial charge is 0.461 e. The number of anilines is 1. The van der Waals surface area contributed by atoms with Crippen LogP contribution in [0.1, 0.15) is 58.5 Å². The van der Waals surface area contributed by atoms with E-state index in [1.54, 1.807) is 12.4 Å². The molecule has 5 heteroatoms. The molecule has 0 radical (unpaired) electrons. The molecule has 0 bridgehead atoms. The van der Waals surface area contributed by atoms with Crippen molar-refractivity contribution >= 4 is 22.3 Å². The number of carbonyl (C=O) groups is 1.